The Bertz CT molecular complexity index is 202. The number of rotatable bonds is 5. The summed E-state index contributed by atoms with van der Waals surface area (Å²) in [6, 6.07) is -1.14. The average Bonchev–Trinajstić information content (AvgIpc) is 1.84. The Morgan fingerprint density at radius 1 is 1.58 bits per heavy atom. The van der Waals surface area contributed by atoms with Crippen molar-refractivity contribution in [1.29, 1.82) is 0 Å². The van der Waals surface area contributed by atoms with Crippen molar-refractivity contribution in [3.63, 3.8) is 0 Å². The molecular weight excluding hydrogens is 187 g/mol. The first kappa shape index (κ1) is 11.5. The van der Waals surface area contributed by atoms with Crippen LogP contribution in [0.3, 0.4) is 0 Å². The smallest absolute Gasteiger partial charge is 0.339 e. The van der Waals surface area contributed by atoms with Gasteiger partial charge in [-0.3, -0.25) is 9.36 Å². The molecule has 8 heteroatoms. The molecule has 0 aliphatic rings. The van der Waals surface area contributed by atoms with E-state index in [9.17, 15) is 9.36 Å². The number of hydrogen-bond donors (Lipinski definition) is 5. The van der Waals surface area contributed by atoms with Crippen molar-refractivity contribution < 1.29 is 24.3 Å². The van der Waals surface area contributed by atoms with E-state index in [-0.39, 0.29) is 6.54 Å². The Morgan fingerprint density at radius 3 is 2.42 bits per heavy atom. The molecule has 0 heterocycles. The van der Waals surface area contributed by atoms with E-state index in [1.165, 1.54) is 0 Å². The van der Waals surface area contributed by atoms with E-state index < -0.39 is 25.9 Å². The zero-order valence-corrected chi connectivity index (χ0v) is 7.07. The minimum atomic E-state index is -4.11. The molecule has 0 rings (SSSR count). The third-order valence-corrected chi connectivity index (χ3v) is 1.63. The molecule has 72 valence electrons. The van der Waals surface area contributed by atoms with Crippen molar-refractivity contribution in [2.24, 2.45) is 5.73 Å². The predicted molar refractivity (Wildman–Crippen MR) is 40.5 cm³/mol. The van der Waals surface area contributed by atoms with Crippen LogP contribution in [0.1, 0.15) is 0 Å². The fourth-order valence-corrected chi connectivity index (χ4v) is 0.873. The van der Waals surface area contributed by atoms with Gasteiger partial charge in [0.25, 0.3) is 0 Å². The predicted octanol–water partition coefficient (Wildman–Crippen LogP) is -1.88. The Hall–Kier alpha value is -0.460. The highest BCUT2D eigenvalue weighted by Crippen LogP contribution is 2.31. The van der Waals surface area contributed by atoms with Crippen molar-refractivity contribution in [2.75, 3.05) is 12.8 Å². The first-order valence-corrected chi connectivity index (χ1v) is 4.86. The molecule has 0 saturated carbocycles. The summed E-state index contributed by atoms with van der Waals surface area (Å²) < 4.78 is 10.2. The first-order chi connectivity index (χ1) is 5.33. The zero-order valence-electron chi connectivity index (χ0n) is 6.17. The zero-order chi connectivity index (χ0) is 9.78. The van der Waals surface area contributed by atoms with Gasteiger partial charge in [-0.15, -0.1) is 0 Å². The SMILES string of the molecule is N[C@H](CNCP(=O)(O)O)C(=O)O. The highest BCUT2D eigenvalue weighted by Gasteiger charge is 2.15. The van der Waals surface area contributed by atoms with Gasteiger partial charge in [-0.1, -0.05) is 0 Å². The second-order valence-electron chi connectivity index (χ2n) is 2.22. The maximum absolute atomic E-state index is 10.2. The largest absolute Gasteiger partial charge is 0.480 e. The Morgan fingerprint density at radius 2 is 2.08 bits per heavy atom. The van der Waals surface area contributed by atoms with Crippen LogP contribution in [0.25, 0.3) is 0 Å². The van der Waals surface area contributed by atoms with Crippen molar-refractivity contribution in [3.8, 4) is 0 Å². The van der Waals surface area contributed by atoms with Crippen molar-refractivity contribution in [1.82, 2.24) is 5.32 Å². The van der Waals surface area contributed by atoms with E-state index in [0.717, 1.165) is 0 Å². The summed E-state index contributed by atoms with van der Waals surface area (Å²) in [5.74, 6) is -1.21. The molecule has 0 aromatic rings. The van der Waals surface area contributed by atoms with Crippen molar-refractivity contribution in [3.05, 3.63) is 0 Å². The summed E-state index contributed by atoms with van der Waals surface area (Å²) in [6.07, 6.45) is -0.562. The fraction of sp³-hybridized carbons (Fsp3) is 0.750. The molecule has 0 amide bonds. The van der Waals surface area contributed by atoms with Crippen LogP contribution in [0, 0.1) is 0 Å². The lowest BCUT2D eigenvalue weighted by Gasteiger charge is -2.08. The number of carbonyl (C=O) groups is 1. The minimum absolute atomic E-state index is 0.166. The van der Waals surface area contributed by atoms with Gasteiger partial charge in [0.2, 0.25) is 0 Å². The van der Waals surface area contributed by atoms with Gasteiger partial charge in [0.05, 0.1) is 6.29 Å². The van der Waals surface area contributed by atoms with Crippen LogP contribution >= 0.6 is 7.60 Å². The first-order valence-electron chi connectivity index (χ1n) is 3.06. The van der Waals surface area contributed by atoms with Crippen LogP contribution in [-0.2, 0) is 9.36 Å². The molecule has 0 aromatic heterocycles. The van der Waals surface area contributed by atoms with Gasteiger partial charge < -0.3 is 25.9 Å². The molecule has 7 nitrogen and oxygen atoms in total. The van der Waals surface area contributed by atoms with Crippen LogP contribution in [0.5, 0.6) is 0 Å². The monoisotopic (exact) mass is 198 g/mol. The van der Waals surface area contributed by atoms with Crippen LogP contribution < -0.4 is 11.1 Å². The lowest BCUT2D eigenvalue weighted by molar-refractivity contribution is -0.138. The number of nitrogens with one attached hydrogen (secondary N) is 1. The van der Waals surface area contributed by atoms with Crippen molar-refractivity contribution >= 4 is 13.6 Å². The van der Waals surface area contributed by atoms with Gasteiger partial charge in [0.1, 0.15) is 6.04 Å². The van der Waals surface area contributed by atoms with Gasteiger partial charge in [-0.2, -0.15) is 0 Å². The molecule has 0 bridgehead atoms. The van der Waals surface area contributed by atoms with Crippen LogP contribution in [0.15, 0.2) is 0 Å². The van der Waals surface area contributed by atoms with E-state index in [0.29, 0.717) is 0 Å². The van der Waals surface area contributed by atoms with Gasteiger partial charge in [0.15, 0.2) is 0 Å². The summed E-state index contributed by atoms with van der Waals surface area (Å²) in [5, 5.41) is 10.5. The Labute approximate surface area is 68.7 Å². The molecule has 0 unspecified atom stereocenters. The molecule has 0 aliphatic heterocycles. The third-order valence-electron chi connectivity index (χ3n) is 0.999. The standard InChI is InChI=1S/C4H11N2O5P/c5-3(4(7)8)1-6-2-12(9,10)11/h3,6H,1-2,5H2,(H,7,8)(H2,9,10,11)/t3-/m1/s1. The molecule has 0 saturated heterocycles. The third kappa shape index (κ3) is 6.26. The lowest BCUT2D eigenvalue weighted by atomic mass is 10.3. The molecule has 0 fully saturated rings. The van der Waals surface area contributed by atoms with Crippen molar-refractivity contribution in [2.45, 2.75) is 6.04 Å². The van der Waals surface area contributed by atoms with E-state index >= 15 is 0 Å². The molecule has 12 heavy (non-hydrogen) atoms. The molecule has 6 N–H and O–H groups in total. The maximum atomic E-state index is 10.2. The van der Waals surface area contributed by atoms with Gasteiger partial charge in [-0.25, -0.2) is 0 Å². The molecule has 0 spiro atoms. The molecule has 1 atom stereocenters. The van der Waals surface area contributed by atoms with Crippen LogP contribution in [0.2, 0.25) is 0 Å². The van der Waals surface area contributed by atoms with Crippen LogP contribution in [-0.4, -0.2) is 39.7 Å². The number of carboxylic acid groups (broad SMARTS) is 1. The number of aliphatic carboxylic acids is 1. The maximum Gasteiger partial charge on any atom is 0.339 e. The summed E-state index contributed by atoms with van der Waals surface area (Å²) in [4.78, 5) is 26.8. The summed E-state index contributed by atoms with van der Waals surface area (Å²) in [5.41, 5.74) is 5.03. The minimum Gasteiger partial charge on any atom is -0.480 e. The summed E-state index contributed by atoms with van der Waals surface area (Å²) in [7, 11) is -4.11. The number of hydrogen-bond acceptors (Lipinski definition) is 4. The Balaban J connectivity index is 3.58. The second-order valence-corrected chi connectivity index (χ2v) is 3.87. The summed E-state index contributed by atoms with van der Waals surface area (Å²) >= 11 is 0. The van der Waals surface area contributed by atoms with E-state index in [1.54, 1.807) is 0 Å². The number of nitrogens with two attached hydrogens (primary N) is 1. The summed E-state index contributed by atoms with van der Waals surface area (Å²) in [6.45, 7) is -0.166. The second kappa shape index (κ2) is 4.54. The topological polar surface area (TPSA) is 133 Å². The lowest BCUT2D eigenvalue weighted by Crippen LogP contribution is -2.40. The molecule has 0 radical (unpaired) electrons. The van der Waals surface area contributed by atoms with E-state index in [2.05, 4.69) is 5.32 Å². The van der Waals surface area contributed by atoms with Gasteiger partial charge in [-0.05, 0) is 0 Å². The fourth-order valence-electron chi connectivity index (χ4n) is 0.453. The molecule has 0 aliphatic carbocycles. The quantitative estimate of drug-likeness (QED) is 0.326. The van der Waals surface area contributed by atoms with Crippen LogP contribution in [0.4, 0.5) is 0 Å². The van der Waals surface area contributed by atoms with Gasteiger partial charge >= 0.3 is 13.6 Å². The number of carboxylic acids is 1. The van der Waals surface area contributed by atoms with E-state index in [1.807, 2.05) is 0 Å². The van der Waals surface area contributed by atoms with Gasteiger partial charge in [0, 0.05) is 6.54 Å². The van der Waals surface area contributed by atoms with E-state index in [4.69, 9.17) is 20.6 Å². The normalized spacial score (nSPS) is 14.2. The average molecular weight is 198 g/mol. The molecule has 0 aromatic carbocycles. The highest BCUT2D eigenvalue weighted by atomic mass is 31.2. The molecular formula is C4H11N2O5P. The Kier molecular flexibility index (Phi) is 4.36. The highest BCUT2D eigenvalue weighted by molar-refractivity contribution is 7.51.